The summed E-state index contributed by atoms with van der Waals surface area (Å²) in [5.41, 5.74) is 7.78. The maximum absolute atomic E-state index is 13.8. The van der Waals surface area contributed by atoms with Gasteiger partial charge < -0.3 is 26.3 Å². The van der Waals surface area contributed by atoms with Crippen LogP contribution in [-0.2, 0) is 27.2 Å². The zero-order chi connectivity index (χ0) is 25.9. The molecule has 2 atom stereocenters. The second kappa shape index (κ2) is 10.5. The first-order chi connectivity index (χ1) is 17.2. The van der Waals surface area contributed by atoms with Gasteiger partial charge in [-0.2, -0.15) is 0 Å². The van der Waals surface area contributed by atoms with Gasteiger partial charge in [-0.3, -0.25) is 14.4 Å². The minimum Gasteiger partial charge on any atom is -0.361 e. The van der Waals surface area contributed by atoms with Gasteiger partial charge in [-0.05, 0) is 47.9 Å². The van der Waals surface area contributed by atoms with E-state index in [1.54, 1.807) is 32.2 Å². The number of aromatic nitrogens is 1. The summed E-state index contributed by atoms with van der Waals surface area (Å²) in [7, 11) is 1.64. The van der Waals surface area contributed by atoms with Crippen LogP contribution in [0.1, 0.15) is 25.0 Å². The lowest BCUT2D eigenvalue weighted by Crippen LogP contribution is -2.59. The van der Waals surface area contributed by atoms with Crippen molar-refractivity contribution in [3.8, 4) is 0 Å². The number of amides is 3. The van der Waals surface area contributed by atoms with Crippen molar-refractivity contribution in [2.24, 2.45) is 5.73 Å². The highest BCUT2D eigenvalue weighted by molar-refractivity contribution is 7.17. The molecule has 0 saturated carbocycles. The van der Waals surface area contributed by atoms with Crippen LogP contribution in [-0.4, -0.2) is 52.9 Å². The zero-order valence-corrected chi connectivity index (χ0v) is 21.4. The van der Waals surface area contributed by atoms with Gasteiger partial charge in [0, 0.05) is 41.7 Å². The summed E-state index contributed by atoms with van der Waals surface area (Å²) in [6.45, 7) is 3.20. The number of thiophene rings is 1. The van der Waals surface area contributed by atoms with Crippen molar-refractivity contribution in [3.05, 3.63) is 71.2 Å². The first-order valence-corrected chi connectivity index (χ1v) is 12.6. The second-order valence-electron chi connectivity index (χ2n) is 9.52. The van der Waals surface area contributed by atoms with E-state index in [1.807, 2.05) is 60.1 Å². The number of para-hydroxylation sites is 1. The van der Waals surface area contributed by atoms with Crippen molar-refractivity contribution >= 4 is 50.6 Å². The number of carbonyl (C=O) groups excluding carboxylic acids is 3. The van der Waals surface area contributed by atoms with E-state index in [2.05, 4.69) is 15.6 Å². The SMILES string of the molecule is CN(C(=O)[C@@H](Cc1csc2ccccc12)NC(=O)C(C)(C)N)[C@H](Cc1c[nH]c2ccccc12)NC=O. The summed E-state index contributed by atoms with van der Waals surface area (Å²) in [5.74, 6) is -0.743. The summed E-state index contributed by atoms with van der Waals surface area (Å²) in [6, 6.07) is 15.0. The molecule has 0 aliphatic rings. The highest BCUT2D eigenvalue weighted by Gasteiger charge is 2.32. The molecule has 0 saturated heterocycles. The van der Waals surface area contributed by atoms with Gasteiger partial charge in [-0.1, -0.05) is 36.4 Å². The molecule has 9 heteroatoms. The highest BCUT2D eigenvalue weighted by Crippen LogP contribution is 2.27. The number of nitrogens with one attached hydrogen (secondary N) is 3. The first-order valence-electron chi connectivity index (χ1n) is 11.8. The smallest absolute Gasteiger partial charge is 0.246 e. The van der Waals surface area contributed by atoms with Crippen LogP contribution >= 0.6 is 11.3 Å². The molecule has 2 heterocycles. The Labute approximate surface area is 213 Å². The molecule has 0 unspecified atom stereocenters. The van der Waals surface area contributed by atoms with E-state index in [0.717, 1.165) is 32.1 Å². The maximum Gasteiger partial charge on any atom is 0.246 e. The summed E-state index contributed by atoms with van der Waals surface area (Å²) in [6.07, 6.45) is 2.56. The standard InChI is InChI=1S/C27H31N5O3S/c1-27(2,28)26(35)31-22(12-18-15-36-23-11-7-5-9-20(18)23)25(34)32(3)24(30-16-33)13-17-14-29-21-10-6-4-8-19(17)21/h4-11,14-16,22,24,29H,12-13,28H2,1-3H3,(H,30,33)(H,31,35)/t22-,24-/m1/s1. The Morgan fingerprint density at radius 3 is 2.50 bits per heavy atom. The molecule has 8 nitrogen and oxygen atoms in total. The van der Waals surface area contributed by atoms with E-state index in [1.165, 1.54) is 4.90 Å². The van der Waals surface area contributed by atoms with Gasteiger partial charge in [0.25, 0.3) is 0 Å². The van der Waals surface area contributed by atoms with Crippen LogP contribution in [0.2, 0.25) is 0 Å². The fraction of sp³-hybridized carbons (Fsp3) is 0.296. The number of carbonyl (C=O) groups is 3. The van der Waals surface area contributed by atoms with E-state index < -0.39 is 23.7 Å². The zero-order valence-electron chi connectivity index (χ0n) is 20.6. The van der Waals surface area contributed by atoms with Crippen molar-refractivity contribution in [2.75, 3.05) is 7.05 Å². The molecule has 0 bridgehead atoms. The largest absolute Gasteiger partial charge is 0.361 e. The monoisotopic (exact) mass is 505 g/mol. The molecule has 4 rings (SSSR count). The van der Waals surface area contributed by atoms with Crippen LogP contribution in [0.25, 0.3) is 21.0 Å². The molecule has 4 aromatic rings. The third-order valence-corrected chi connectivity index (χ3v) is 7.35. The number of nitrogens with zero attached hydrogens (tertiary/aromatic N) is 1. The van der Waals surface area contributed by atoms with E-state index in [4.69, 9.17) is 5.73 Å². The van der Waals surface area contributed by atoms with Crippen LogP contribution in [0.3, 0.4) is 0 Å². The average Bonchev–Trinajstić information content (AvgIpc) is 3.46. The minimum atomic E-state index is -1.15. The molecule has 3 amide bonds. The lowest BCUT2D eigenvalue weighted by Gasteiger charge is -2.32. The molecule has 0 radical (unpaired) electrons. The van der Waals surface area contributed by atoms with Crippen molar-refractivity contribution in [2.45, 2.75) is 44.4 Å². The normalized spacial score (nSPS) is 13.3. The van der Waals surface area contributed by atoms with Crippen molar-refractivity contribution in [3.63, 3.8) is 0 Å². The first kappa shape index (κ1) is 25.4. The van der Waals surface area contributed by atoms with Crippen LogP contribution in [0.15, 0.2) is 60.1 Å². The molecule has 2 aromatic carbocycles. The topological polar surface area (TPSA) is 120 Å². The molecule has 0 spiro atoms. The number of likely N-dealkylation sites (N-methyl/N-ethyl adjacent to an activating group) is 1. The number of benzene rings is 2. The molecule has 36 heavy (non-hydrogen) atoms. The van der Waals surface area contributed by atoms with Crippen molar-refractivity contribution in [1.82, 2.24) is 20.5 Å². The second-order valence-corrected chi connectivity index (χ2v) is 10.4. The number of hydrogen-bond donors (Lipinski definition) is 4. The van der Waals surface area contributed by atoms with Gasteiger partial charge in [0.2, 0.25) is 18.2 Å². The van der Waals surface area contributed by atoms with Crippen LogP contribution in [0.4, 0.5) is 0 Å². The molecule has 0 aliphatic carbocycles. The predicted molar refractivity (Wildman–Crippen MR) is 143 cm³/mol. The fourth-order valence-corrected chi connectivity index (χ4v) is 5.23. The van der Waals surface area contributed by atoms with Gasteiger partial charge in [0.15, 0.2) is 0 Å². The molecule has 0 aliphatic heterocycles. The lowest BCUT2D eigenvalue weighted by molar-refractivity contribution is -0.139. The Balaban J connectivity index is 1.61. The maximum atomic E-state index is 13.8. The quantitative estimate of drug-likeness (QED) is 0.196. The Kier molecular flexibility index (Phi) is 7.42. The summed E-state index contributed by atoms with van der Waals surface area (Å²) < 4.78 is 1.11. The van der Waals surface area contributed by atoms with Gasteiger partial charge >= 0.3 is 0 Å². The third kappa shape index (κ3) is 5.42. The Hall–Kier alpha value is -3.69. The number of nitrogens with two attached hydrogens (primary N) is 1. The van der Waals surface area contributed by atoms with Crippen LogP contribution in [0.5, 0.6) is 0 Å². The molecular formula is C27H31N5O3S. The summed E-state index contributed by atoms with van der Waals surface area (Å²) >= 11 is 1.59. The molecular weight excluding hydrogens is 474 g/mol. The van der Waals surface area contributed by atoms with Crippen LogP contribution < -0.4 is 16.4 Å². The number of hydrogen-bond acceptors (Lipinski definition) is 5. The third-order valence-electron chi connectivity index (χ3n) is 6.34. The fourth-order valence-electron chi connectivity index (χ4n) is 4.25. The Morgan fingerprint density at radius 2 is 1.78 bits per heavy atom. The number of rotatable bonds is 10. The van der Waals surface area contributed by atoms with Crippen LogP contribution in [0, 0.1) is 0 Å². The van der Waals surface area contributed by atoms with Gasteiger partial charge in [0.05, 0.1) is 5.54 Å². The molecule has 188 valence electrons. The number of fused-ring (bicyclic) bond motifs is 2. The van der Waals surface area contributed by atoms with E-state index in [-0.39, 0.29) is 5.91 Å². The van der Waals surface area contributed by atoms with E-state index in [9.17, 15) is 14.4 Å². The van der Waals surface area contributed by atoms with Crippen molar-refractivity contribution in [1.29, 1.82) is 0 Å². The van der Waals surface area contributed by atoms with Crippen molar-refractivity contribution < 1.29 is 14.4 Å². The molecule has 2 aromatic heterocycles. The van der Waals surface area contributed by atoms with E-state index >= 15 is 0 Å². The van der Waals surface area contributed by atoms with Gasteiger partial charge in [-0.25, -0.2) is 0 Å². The van der Waals surface area contributed by atoms with E-state index in [0.29, 0.717) is 19.3 Å². The number of H-pyrrole nitrogens is 1. The molecule has 0 fully saturated rings. The average molecular weight is 506 g/mol. The predicted octanol–water partition coefficient (Wildman–Crippen LogP) is 2.92. The highest BCUT2D eigenvalue weighted by atomic mass is 32.1. The summed E-state index contributed by atoms with van der Waals surface area (Å²) in [5, 5.41) is 9.70. The summed E-state index contributed by atoms with van der Waals surface area (Å²) in [4.78, 5) is 42.8. The molecule has 5 N–H and O–H groups in total. The minimum absolute atomic E-state index is 0.301. The Morgan fingerprint density at radius 1 is 1.08 bits per heavy atom. The van der Waals surface area contributed by atoms with Gasteiger partial charge in [0.1, 0.15) is 12.2 Å². The van der Waals surface area contributed by atoms with Gasteiger partial charge in [-0.15, -0.1) is 11.3 Å². The number of aromatic amines is 1. The Bertz CT molecular complexity index is 1390. The lowest BCUT2D eigenvalue weighted by atomic mass is 10.0.